The predicted octanol–water partition coefficient (Wildman–Crippen LogP) is 1.89. The smallest absolute Gasteiger partial charge is 0.270 e. The van der Waals surface area contributed by atoms with E-state index in [1.807, 2.05) is 0 Å². The number of carbonyl (C=O) groups is 1. The van der Waals surface area contributed by atoms with Crippen LogP contribution in [0.4, 0.5) is 5.69 Å². The number of benzene rings is 1. The van der Waals surface area contributed by atoms with Crippen molar-refractivity contribution in [1.29, 1.82) is 0 Å². The molecular weight excluding hydrogens is 282 g/mol. The van der Waals surface area contributed by atoms with Crippen LogP contribution in [0.5, 0.6) is 0 Å². The summed E-state index contributed by atoms with van der Waals surface area (Å²) in [6, 6.07) is 4.63. The van der Waals surface area contributed by atoms with Gasteiger partial charge in [0.1, 0.15) is 0 Å². The van der Waals surface area contributed by atoms with E-state index in [0.29, 0.717) is 24.2 Å². The number of hydrogen-bond acceptors (Lipinski definition) is 4. The molecule has 7 heteroatoms. The Bertz CT molecular complexity index is 514. The second-order valence-corrected chi connectivity index (χ2v) is 4.94. The van der Waals surface area contributed by atoms with Crippen LogP contribution in [0, 0.1) is 17.0 Å². The lowest BCUT2D eigenvalue weighted by molar-refractivity contribution is -0.384. The third-order valence-electron chi connectivity index (χ3n) is 3.35. The number of nitrogens with two attached hydrogens (primary N) is 1. The first-order chi connectivity index (χ1) is 8.97. The largest absolute Gasteiger partial charge is 0.339 e. The Hall–Kier alpha value is -1.66. The second kappa shape index (κ2) is 6.67. The quantitative estimate of drug-likeness (QED) is 0.667. The van der Waals surface area contributed by atoms with Crippen molar-refractivity contribution in [2.45, 2.75) is 25.8 Å². The fraction of sp³-hybridized carbons (Fsp3) is 0.462. The number of carbonyl (C=O) groups excluding carboxylic acids is 1. The standard InChI is InChI=1S/C13H17N3O3.ClH/c1-9-6-10(8-12(7-9)16(18)19)13(17)15-4-2-11(14)3-5-15;/h6-8,11H,2-5,14H2,1H3;1H. The van der Waals surface area contributed by atoms with Crippen molar-refractivity contribution in [3.63, 3.8) is 0 Å². The minimum Gasteiger partial charge on any atom is -0.339 e. The summed E-state index contributed by atoms with van der Waals surface area (Å²) in [5.74, 6) is -0.154. The minimum absolute atomic E-state index is 0. The molecule has 1 aromatic rings. The Morgan fingerprint density at radius 3 is 2.50 bits per heavy atom. The molecular formula is C13H18ClN3O3. The highest BCUT2D eigenvalue weighted by Gasteiger charge is 2.23. The summed E-state index contributed by atoms with van der Waals surface area (Å²) in [7, 11) is 0. The van der Waals surface area contributed by atoms with Gasteiger partial charge in [-0.3, -0.25) is 14.9 Å². The highest BCUT2D eigenvalue weighted by atomic mass is 35.5. The molecule has 0 radical (unpaired) electrons. The highest BCUT2D eigenvalue weighted by Crippen LogP contribution is 2.19. The summed E-state index contributed by atoms with van der Waals surface area (Å²) in [5, 5.41) is 10.8. The third-order valence-corrected chi connectivity index (χ3v) is 3.35. The first kappa shape index (κ1) is 16.4. The molecule has 0 atom stereocenters. The number of halogens is 1. The normalized spacial score (nSPS) is 15.6. The molecule has 1 amide bonds. The van der Waals surface area contributed by atoms with Gasteiger partial charge in [0.05, 0.1) is 4.92 Å². The lowest BCUT2D eigenvalue weighted by atomic mass is 10.0. The van der Waals surface area contributed by atoms with Crippen LogP contribution in [-0.2, 0) is 0 Å². The monoisotopic (exact) mass is 299 g/mol. The van der Waals surface area contributed by atoms with Crippen LogP contribution >= 0.6 is 12.4 Å². The van der Waals surface area contributed by atoms with Crippen LogP contribution in [0.15, 0.2) is 18.2 Å². The molecule has 1 aliphatic heterocycles. The van der Waals surface area contributed by atoms with Crippen molar-refractivity contribution in [2.75, 3.05) is 13.1 Å². The molecule has 110 valence electrons. The zero-order valence-electron chi connectivity index (χ0n) is 11.2. The van der Waals surface area contributed by atoms with E-state index in [1.165, 1.54) is 12.1 Å². The number of likely N-dealkylation sites (tertiary alicyclic amines) is 1. The zero-order chi connectivity index (χ0) is 14.0. The number of non-ortho nitro benzene ring substituents is 1. The van der Waals surface area contributed by atoms with Gasteiger partial charge in [0.15, 0.2) is 0 Å². The van der Waals surface area contributed by atoms with Crippen molar-refractivity contribution < 1.29 is 9.72 Å². The van der Waals surface area contributed by atoms with Crippen molar-refractivity contribution >= 4 is 24.0 Å². The number of amides is 1. The molecule has 2 N–H and O–H groups in total. The maximum absolute atomic E-state index is 12.3. The molecule has 6 nitrogen and oxygen atoms in total. The Kier molecular flexibility index (Phi) is 5.47. The molecule has 0 bridgehead atoms. The molecule has 1 saturated heterocycles. The molecule has 1 aromatic carbocycles. The lowest BCUT2D eigenvalue weighted by Gasteiger charge is -2.30. The average molecular weight is 300 g/mol. The first-order valence-corrected chi connectivity index (χ1v) is 6.28. The van der Waals surface area contributed by atoms with E-state index in [9.17, 15) is 14.9 Å². The fourth-order valence-electron chi connectivity index (χ4n) is 2.28. The van der Waals surface area contributed by atoms with E-state index < -0.39 is 4.92 Å². The van der Waals surface area contributed by atoms with E-state index in [4.69, 9.17) is 5.73 Å². The van der Waals surface area contributed by atoms with Crippen molar-refractivity contribution in [1.82, 2.24) is 4.90 Å². The SMILES string of the molecule is Cc1cc(C(=O)N2CCC(N)CC2)cc([N+](=O)[O-])c1.Cl. The summed E-state index contributed by atoms with van der Waals surface area (Å²) >= 11 is 0. The number of rotatable bonds is 2. The Balaban J connectivity index is 0.00000200. The summed E-state index contributed by atoms with van der Waals surface area (Å²) in [5.41, 5.74) is 6.84. The van der Waals surface area contributed by atoms with Gasteiger partial charge in [0.25, 0.3) is 11.6 Å². The number of nitro benzene ring substituents is 1. The van der Waals surface area contributed by atoms with Gasteiger partial charge in [0, 0.05) is 36.8 Å². The van der Waals surface area contributed by atoms with Crippen LogP contribution in [0.3, 0.4) is 0 Å². The van der Waals surface area contributed by atoms with Gasteiger partial charge >= 0.3 is 0 Å². The van der Waals surface area contributed by atoms with E-state index in [2.05, 4.69) is 0 Å². The van der Waals surface area contributed by atoms with Gasteiger partial charge in [-0.2, -0.15) is 0 Å². The van der Waals surface area contributed by atoms with Gasteiger partial charge in [-0.05, 0) is 31.4 Å². The van der Waals surface area contributed by atoms with Gasteiger partial charge in [0.2, 0.25) is 0 Å². The van der Waals surface area contributed by atoms with Gasteiger partial charge in [-0.1, -0.05) is 0 Å². The van der Waals surface area contributed by atoms with E-state index >= 15 is 0 Å². The van der Waals surface area contributed by atoms with Gasteiger partial charge < -0.3 is 10.6 Å². The summed E-state index contributed by atoms with van der Waals surface area (Å²) in [6.07, 6.45) is 1.55. The zero-order valence-corrected chi connectivity index (χ0v) is 12.1. The molecule has 0 aromatic heterocycles. The van der Waals surface area contributed by atoms with Crippen LogP contribution in [0.1, 0.15) is 28.8 Å². The first-order valence-electron chi connectivity index (χ1n) is 6.28. The summed E-state index contributed by atoms with van der Waals surface area (Å²) in [6.45, 7) is 2.97. The van der Waals surface area contributed by atoms with E-state index in [-0.39, 0.29) is 30.0 Å². The lowest BCUT2D eigenvalue weighted by Crippen LogP contribution is -2.42. The van der Waals surface area contributed by atoms with Crippen molar-refractivity contribution in [2.24, 2.45) is 5.73 Å². The Morgan fingerprint density at radius 2 is 1.95 bits per heavy atom. The average Bonchev–Trinajstić information content (AvgIpc) is 2.38. The number of nitrogens with zero attached hydrogens (tertiary/aromatic N) is 2. The van der Waals surface area contributed by atoms with Crippen molar-refractivity contribution in [3.05, 3.63) is 39.4 Å². The molecule has 0 saturated carbocycles. The third kappa shape index (κ3) is 3.68. The molecule has 2 rings (SSSR count). The van der Waals surface area contributed by atoms with E-state index in [1.54, 1.807) is 17.9 Å². The molecule has 0 spiro atoms. The van der Waals surface area contributed by atoms with Crippen LogP contribution in [0.2, 0.25) is 0 Å². The summed E-state index contributed by atoms with van der Waals surface area (Å²) in [4.78, 5) is 24.3. The molecule has 0 aliphatic carbocycles. The van der Waals surface area contributed by atoms with E-state index in [0.717, 1.165) is 12.8 Å². The van der Waals surface area contributed by atoms with Crippen LogP contribution < -0.4 is 5.73 Å². The maximum Gasteiger partial charge on any atom is 0.270 e. The molecule has 1 aliphatic rings. The number of nitro groups is 1. The minimum atomic E-state index is -0.476. The number of hydrogen-bond donors (Lipinski definition) is 1. The molecule has 1 fully saturated rings. The van der Waals surface area contributed by atoms with Crippen molar-refractivity contribution in [3.8, 4) is 0 Å². The van der Waals surface area contributed by atoms with Crippen LogP contribution in [0.25, 0.3) is 0 Å². The topological polar surface area (TPSA) is 89.5 Å². The highest BCUT2D eigenvalue weighted by molar-refractivity contribution is 5.95. The molecule has 1 heterocycles. The van der Waals surface area contributed by atoms with Crippen LogP contribution in [-0.4, -0.2) is 34.9 Å². The van der Waals surface area contributed by atoms with Gasteiger partial charge in [-0.25, -0.2) is 0 Å². The number of aryl methyl sites for hydroxylation is 1. The maximum atomic E-state index is 12.3. The Labute approximate surface area is 123 Å². The second-order valence-electron chi connectivity index (χ2n) is 4.94. The summed E-state index contributed by atoms with van der Waals surface area (Å²) < 4.78 is 0. The van der Waals surface area contributed by atoms with Gasteiger partial charge in [-0.15, -0.1) is 12.4 Å². The molecule has 0 unspecified atom stereocenters. The number of piperidine rings is 1. The predicted molar refractivity (Wildman–Crippen MR) is 78.2 cm³/mol. The Morgan fingerprint density at radius 1 is 1.35 bits per heavy atom. The fourth-order valence-corrected chi connectivity index (χ4v) is 2.28. The molecule has 20 heavy (non-hydrogen) atoms.